The first kappa shape index (κ1) is 13.9. The van der Waals surface area contributed by atoms with Crippen molar-refractivity contribution >= 4 is 14.5 Å². The van der Waals surface area contributed by atoms with Crippen molar-refractivity contribution in [1.82, 2.24) is 0 Å². The Balaban J connectivity index is 2.87. The summed E-state index contributed by atoms with van der Waals surface area (Å²) >= 11 is 0. The Hall–Kier alpha value is -0.153. The fourth-order valence-electron chi connectivity index (χ4n) is 3.23. The van der Waals surface area contributed by atoms with Crippen molar-refractivity contribution in [1.29, 1.82) is 0 Å². The first-order valence-electron chi connectivity index (χ1n) is 6.59. The van der Waals surface area contributed by atoms with Gasteiger partial charge in [0.05, 0.1) is 6.10 Å². The van der Waals surface area contributed by atoms with Crippen LogP contribution < -0.4 is 0 Å². The molecule has 0 aromatic heterocycles. The number of hydrogen-bond acceptors (Lipinski definition) is 2. The molecule has 94 valence electrons. The molecule has 1 heterocycles. The first-order chi connectivity index (χ1) is 7.41. The second-order valence-corrected chi connectivity index (χ2v) is 11.2. The third kappa shape index (κ3) is 2.57. The monoisotopic (exact) mass is 241 g/mol. The van der Waals surface area contributed by atoms with Crippen LogP contribution in [0.15, 0.2) is 4.99 Å². The van der Waals surface area contributed by atoms with Gasteiger partial charge >= 0.3 is 0 Å². The summed E-state index contributed by atoms with van der Waals surface area (Å²) in [7, 11) is -1.68. The van der Waals surface area contributed by atoms with Gasteiger partial charge < -0.3 is 4.43 Å². The molecule has 0 fully saturated rings. The van der Waals surface area contributed by atoms with E-state index in [0.717, 1.165) is 13.0 Å². The first-order valence-corrected chi connectivity index (χ1v) is 8.73. The zero-order valence-electron chi connectivity index (χ0n) is 11.7. The van der Waals surface area contributed by atoms with E-state index in [1.54, 1.807) is 0 Å². The second kappa shape index (κ2) is 5.45. The summed E-state index contributed by atoms with van der Waals surface area (Å²) in [4.78, 5) is 4.30. The summed E-state index contributed by atoms with van der Waals surface area (Å²) in [6.45, 7) is 14.9. The van der Waals surface area contributed by atoms with Crippen LogP contribution in [-0.4, -0.2) is 27.2 Å². The van der Waals surface area contributed by atoms with Crippen LogP contribution in [0.4, 0.5) is 0 Å². The molecule has 1 rings (SSSR count). The highest BCUT2D eigenvalue weighted by Gasteiger charge is 2.46. The molecule has 0 saturated carbocycles. The molecule has 0 aliphatic carbocycles. The molecule has 3 heteroatoms. The van der Waals surface area contributed by atoms with Crippen LogP contribution in [0.1, 0.15) is 48.0 Å². The van der Waals surface area contributed by atoms with Crippen molar-refractivity contribution < 1.29 is 4.43 Å². The minimum Gasteiger partial charge on any atom is -0.408 e. The predicted molar refractivity (Wildman–Crippen MR) is 73.9 cm³/mol. The minimum absolute atomic E-state index is 0.291. The summed E-state index contributed by atoms with van der Waals surface area (Å²) in [5.41, 5.74) is 2.00. The van der Waals surface area contributed by atoms with Crippen molar-refractivity contribution in [3.8, 4) is 0 Å². The van der Waals surface area contributed by atoms with Gasteiger partial charge in [0, 0.05) is 12.8 Å². The lowest BCUT2D eigenvalue weighted by Crippen LogP contribution is -2.50. The third-order valence-corrected chi connectivity index (χ3v) is 10.0. The topological polar surface area (TPSA) is 21.6 Å². The standard InChI is InChI=1S/C13H27NOSi/c1-10(2)16(11(3)4,12(5)6)15-13-7-8-14-9-13/h9-13H,7-8H2,1-6H3/t13-/m0/s1. The van der Waals surface area contributed by atoms with Crippen molar-refractivity contribution in [2.45, 2.75) is 70.7 Å². The Morgan fingerprint density at radius 1 is 1.06 bits per heavy atom. The Morgan fingerprint density at radius 2 is 1.56 bits per heavy atom. The van der Waals surface area contributed by atoms with Gasteiger partial charge in [-0.3, -0.25) is 4.99 Å². The molecule has 0 aromatic rings. The minimum atomic E-state index is -1.68. The van der Waals surface area contributed by atoms with Crippen LogP contribution in [0.2, 0.25) is 16.6 Å². The van der Waals surface area contributed by atoms with Crippen molar-refractivity contribution in [2.24, 2.45) is 4.99 Å². The molecule has 0 saturated heterocycles. The molecule has 1 atom stereocenters. The van der Waals surface area contributed by atoms with Gasteiger partial charge in [0.2, 0.25) is 8.32 Å². The Morgan fingerprint density at radius 3 is 1.88 bits per heavy atom. The molecular formula is C13H27NOSi. The SMILES string of the molecule is CC(C)[Si](O[C@@H]1C=NCC1)(C(C)C)C(C)C. The van der Waals surface area contributed by atoms with Gasteiger partial charge in [-0.1, -0.05) is 41.5 Å². The zero-order valence-corrected chi connectivity index (χ0v) is 12.7. The van der Waals surface area contributed by atoms with Crippen LogP contribution in [0, 0.1) is 0 Å². The van der Waals surface area contributed by atoms with Gasteiger partial charge in [0.15, 0.2) is 0 Å². The number of rotatable bonds is 5. The van der Waals surface area contributed by atoms with E-state index in [4.69, 9.17) is 4.43 Å². The fraction of sp³-hybridized carbons (Fsp3) is 0.923. The Bertz CT molecular complexity index is 227. The molecule has 16 heavy (non-hydrogen) atoms. The van der Waals surface area contributed by atoms with E-state index in [0.29, 0.717) is 22.7 Å². The van der Waals surface area contributed by atoms with Gasteiger partial charge in [-0.15, -0.1) is 0 Å². The van der Waals surface area contributed by atoms with E-state index in [-0.39, 0.29) is 0 Å². The van der Waals surface area contributed by atoms with E-state index in [2.05, 4.69) is 46.5 Å². The van der Waals surface area contributed by atoms with E-state index >= 15 is 0 Å². The summed E-state index contributed by atoms with van der Waals surface area (Å²) < 4.78 is 6.57. The summed E-state index contributed by atoms with van der Waals surface area (Å²) in [5, 5.41) is 0. The van der Waals surface area contributed by atoms with Crippen molar-refractivity contribution in [2.75, 3.05) is 6.54 Å². The maximum Gasteiger partial charge on any atom is 0.201 e. The molecule has 0 spiro atoms. The molecule has 0 N–H and O–H groups in total. The molecule has 2 nitrogen and oxygen atoms in total. The molecule has 0 radical (unpaired) electrons. The highest BCUT2D eigenvalue weighted by atomic mass is 28.4. The van der Waals surface area contributed by atoms with Gasteiger partial charge in [0.25, 0.3) is 0 Å². The average Bonchev–Trinajstić information content (AvgIpc) is 2.64. The molecule has 0 unspecified atom stereocenters. The Kier molecular flexibility index (Phi) is 4.74. The van der Waals surface area contributed by atoms with Crippen LogP contribution in [0.3, 0.4) is 0 Å². The van der Waals surface area contributed by atoms with Crippen molar-refractivity contribution in [3.63, 3.8) is 0 Å². The number of hydrogen-bond donors (Lipinski definition) is 0. The highest BCUT2D eigenvalue weighted by Crippen LogP contribution is 2.43. The number of aliphatic imine (C=N–C) groups is 1. The lowest BCUT2D eigenvalue weighted by Gasteiger charge is -2.43. The van der Waals surface area contributed by atoms with E-state index in [9.17, 15) is 0 Å². The normalized spacial score (nSPS) is 21.7. The maximum atomic E-state index is 6.57. The van der Waals surface area contributed by atoms with Crippen LogP contribution in [0.25, 0.3) is 0 Å². The van der Waals surface area contributed by atoms with Crippen LogP contribution >= 0.6 is 0 Å². The molecule has 1 aliphatic heterocycles. The van der Waals surface area contributed by atoms with E-state index < -0.39 is 8.32 Å². The van der Waals surface area contributed by atoms with Gasteiger partial charge in [-0.25, -0.2) is 0 Å². The fourth-order valence-corrected chi connectivity index (χ4v) is 8.75. The largest absolute Gasteiger partial charge is 0.408 e. The van der Waals surface area contributed by atoms with Gasteiger partial charge in [0.1, 0.15) is 0 Å². The highest BCUT2D eigenvalue weighted by molar-refractivity contribution is 6.77. The zero-order chi connectivity index (χ0) is 12.3. The van der Waals surface area contributed by atoms with Crippen LogP contribution in [0.5, 0.6) is 0 Å². The Labute approximate surface area is 102 Å². The lowest BCUT2D eigenvalue weighted by atomic mass is 10.3. The molecule has 0 aromatic carbocycles. The van der Waals surface area contributed by atoms with E-state index in [1.807, 2.05) is 6.21 Å². The summed E-state index contributed by atoms with van der Waals surface area (Å²) in [5.74, 6) is 0. The summed E-state index contributed by atoms with van der Waals surface area (Å²) in [6.07, 6.45) is 3.40. The van der Waals surface area contributed by atoms with Crippen LogP contribution in [-0.2, 0) is 4.43 Å². The summed E-state index contributed by atoms with van der Waals surface area (Å²) in [6, 6.07) is 0. The molecule has 0 amide bonds. The third-order valence-electron chi connectivity index (χ3n) is 3.88. The quantitative estimate of drug-likeness (QED) is 0.666. The maximum absolute atomic E-state index is 6.57. The second-order valence-electron chi connectivity index (χ2n) is 5.82. The number of nitrogens with zero attached hydrogens (tertiary/aromatic N) is 1. The van der Waals surface area contributed by atoms with Gasteiger partial charge in [-0.2, -0.15) is 0 Å². The molecule has 0 bridgehead atoms. The smallest absolute Gasteiger partial charge is 0.201 e. The average molecular weight is 241 g/mol. The molecular weight excluding hydrogens is 214 g/mol. The van der Waals surface area contributed by atoms with Gasteiger partial charge in [-0.05, 0) is 23.0 Å². The lowest BCUT2D eigenvalue weighted by molar-refractivity contribution is 0.237. The predicted octanol–water partition coefficient (Wildman–Crippen LogP) is 4.02. The van der Waals surface area contributed by atoms with E-state index in [1.165, 1.54) is 0 Å². The molecule has 1 aliphatic rings. The van der Waals surface area contributed by atoms with Crippen molar-refractivity contribution in [3.05, 3.63) is 0 Å².